The summed E-state index contributed by atoms with van der Waals surface area (Å²) in [6, 6.07) is 11.9. The fourth-order valence-electron chi connectivity index (χ4n) is 3.06. The number of anilines is 1. The topological polar surface area (TPSA) is 62.3 Å². The summed E-state index contributed by atoms with van der Waals surface area (Å²) in [6.07, 6.45) is 0. The Morgan fingerprint density at radius 1 is 1.08 bits per heavy atom. The zero-order valence-electron chi connectivity index (χ0n) is 14.0. The lowest BCUT2D eigenvalue weighted by Gasteiger charge is -2.18. The van der Waals surface area contributed by atoms with Crippen molar-refractivity contribution in [1.29, 1.82) is 0 Å². The molecule has 3 aromatic rings. The van der Waals surface area contributed by atoms with Crippen molar-refractivity contribution < 1.29 is 9.47 Å². The lowest BCUT2D eigenvalue weighted by atomic mass is 10.1. The van der Waals surface area contributed by atoms with Gasteiger partial charge in [0.15, 0.2) is 11.5 Å². The van der Waals surface area contributed by atoms with E-state index in [0.29, 0.717) is 19.1 Å². The molecule has 0 bridgehead atoms. The van der Waals surface area contributed by atoms with Gasteiger partial charge in [-0.1, -0.05) is 13.8 Å². The zero-order valence-corrected chi connectivity index (χ0v) is 14.0. The van der Waals surface area contributed by atoms with E-state index in [9.17, 15) is 0 Å². The van der Waals surface area contributed by atoms with Crippen LogP contribution in [-0.4, -0.2) is 22.8 Å². The van der Waals surface area contributed by atoms with Gasteiger partial charge >= 0.3 is 0 Å². The molecule has 24 heavy (non-hydrogen) atoms. The Bertz CT molecular complexity index is 882. The minimum atomic E-state index is 0.503. The second-order valence-electron chi connectivity index (χ2n) is 6.55. The van der Waals surface area contributed by atoms with Crippen molar-refractivity contribution in [3.63, 3.8) is 0 Å². The molecule has 1 aliphatic heterocycles. The van der Waals surface area contributed by atoms with Gasteiger partial charge in [-0.15, -0.1) is 0 Å². The second-order valence-corrected chi connectivity index (χ2v) is 6.55. The minimum Gasteiger partial charge on any atom is -0.486 e. The highest BCUT2D eigenvalue weighted by Crippen LogP contribution is 2.36. The number of aromatic nitrogens is 2. The first-order valence-electron chi connectivity index (χ1n) is 8.27. The molecule has 0 amide bonds. The summed E-state index contributed by atoms with van der Waals surface area (Å²) in [4.78, 5) is 4.86. The Balaban J connectivity index is 1.92. The number of benzene rings is 2. The quantitative estimate of drug-likeness (QED) is 0.746. The van der Waals surface area contributed by atoms with E-state index in [1.54, 1.807) is 0 Å². The third-order valence-corrected chi connectivity index (χ3v) is 4.13. The Labute approximate surface area is 141 Å². The summed E-state index contributed by atoms with van der Waals surface area (Å²) in [6.45, 7) is 6.46. The molecule has 124 valence electrons. The van der Waals surface area contributed by atoms with Gasteiger partial charge in [0.05, 0.1) is 11.0 Å². The van der Waals surface area contributed by atoms with Gasteiger partial charge in [-0.3, -0.25) is 0 Å². The average molecular weight is 323 g/mol. The number of nitrogens with two attached hydrogens (primary N) is 1. The first kappa shape index (κ1) is 14.9. The summed E-state index contributed by atoms with van der Waals surface area (Å²) in [5.74, 6) is 3.01. The van der Waals surface area contributed by atoms with E-state index in [1.807, 2.05) is 36.4 Å². The fraction of sp³-hybridized carbons (Fsp3) is 0.316. The summed E-state index contributed by atoms with van der Waals surface area (Å²) in [5.41, 5.74) is 9.62. The van der Waals surface area contributed by atoms with Gasteiger partial charge in [-0.05, 0) is 30.2 Å². The molecule has 0 saturated heterocycles. The van der Waals surface area contributed by atoms with Gasteiger partial charge in [0.25, 0.3) is 0 Å². The van der Waals surface area contributed by atoms with Crippen LogP contribution in [0.1, 0.15) is 13.8 Å². The van der Waals surface area contributed by atoms with Gasteiger partial charge in [0.2, 0.25) is 0 Å². The highest BCUT2D eigenvalue weighted by molar-refractivity contribution is 5.84. The average Bonchev–Trinajstić information content (AvgIpc) is 2.90. The number of imidazole rings is 1. The zero-order chi connectivity index (χ0) is 16.7. The molecule has 0 saturated carbocycles. The molecule has 2 N–H and O–H groups in total. The molecule has 2 aromatic carbocycles. The molecule has 1 aliphatic rings. The standard InChI is InChI=1S/C19H21N3O2/c1-12(2)11-22-16-10-18-17(23-7-8-24-18)9-15(16)21-19(22)13-3-5-14(20)6-4-13/h3-6,9-10,12H,7-8,11,20H2,1-2H3. The van der Waals surface area contributed by atoms with Crippen LogP contribution in [-0.2, 0) is 6.54 Å². The first-order valence-corrected chi connectivity index (χ1v) is 8.27. The molecule has 0 fully saturated rings. The largest absolute Gasteiger partial charge is 0.486 e. The van der Waals surface area contributed by atoms with Gasteiger partial charge in [-0.2, -0.15) is 0 Å². The van der Waals surface area contributed by atoms with Crippen LogP contribution in [0.25, 0.3) is 22.4 Å². The number of hydrogen-bond donors (Lipinski definition) is 1. The monoisotopic (exact) mass is 323 g/mol. The number of fused-ring (bicyclic) bond motifs is 2. The van der Waals surface area contributed by atoms with Crippen LogP contribution in [0.3, 0.4) is 0 Å². The minimum absolute atomic E-state index is 0.503. The van der Waals surface area contributed by atoms with Crippen molar-refractivity contribution in [2.24, 2.45) is 5.92 Å². The fourth-order valence-corrected chi connectivity index (χ4v) is 3.06. The Hall–Kier alpha value is -2.69. The molecule has 0 atom stereocenters. The lowest BCUT2D eigenvalue weighted by Crippen LogP contribution is -2.15. The van der Waals surface area contributed by atoms with E-state index < -0.39 is 0 Å². The summed E-state index contributed by atoms with van der Waals surface area (Å²) in [5, 5.41) is 0. The van der Waals surface area contributed by atoms with Gasteiger partial charge in [0, 0.05) is 29.9 Å². The van der Waals surface area contributed by atoms with Gasteiger partial charge < -0.3 is 19.8 Å². The highest BCUT2D eigenvalue weighted by Gasteiger charge is 2.19. The Morgan fingerprint density at radius 2 is 1.75 bits per heavy atom. The maximum atomic E-state index is 5.82. The molecule has 1 aromatic heterocycles. The molecular weight excluding hydrogens is 302 g/mol. The Kier molecular flexibility index (Phi) is 3.56. The third-order valence-electron chi connectivity index (χ3n) is 4.13. The van der Waals surface area contributed by atoms with Crippen molar-refractivity contribution in [3.05, 3.63) is 36.4 Å². The smallest absolute Gasteiger partial charge is 0.163 e. The van der Waals surface area contributed by atoms with Crippen LogP contribution in [0, 0.1) is 5.92 Å². The SMILES string of the molecule is CC(C)Cn1c(-c2ccc(N)cc2)nc2cc3c(cc21)OCCO3. The van der Waals surface area contributed by atoms with Crippen LogP contribution in [0.2, 0.25) is 0 Å². The third kappa shape index (κ3) is 2.56. The summed E-state index contributed by atoms with van der Waals surface area (Å²) in [7, 11) is 0. The Morgan fingerprint density at radius 3 is 2.42 bits per heavy atom. The van der Waals surface area contributed by atoms with E-state index in [0.717, 1.165) is 46.2 Å². The molecule has 5 nitrogen and oxygen atoms in total. The van der Waals surface area contributed by atoms with E-state index in [2.05, 4.69) is 18.4 Å². The number of rotatable bonds is 3. The number of ether oxygens (including phenoxy) is 2. The van der Waals surface area contributed by atoms with Crippen molar-refractivity contribution >= 4 is 16.7 Å². The number of nitrogen functional groups attached to an aromatic ring is 1. The maximum Gasteiger partial charge on any atom is 0.163 e. The molecule has 0 aliphatic carbocycles. The molecule has 2 heterocycles. The lowest BCUT2D eigenvalue weighted by molar-refractivity contribution is 0.172. The first-order chi connectivity index (χ1) is 11.6. The molecule has 5 heteroatoms. The van der Waals surface area contributed by atoms with Gasteiger partial charge in [-0.25, -0.2) is 4.98 Å². The van der Waals surface area contributed by atoms with Crippen molar-refractivity contribution in [2.75, 3.05) is 18.9 Å². The molecule has 0 unspecified atom stereocenters. The molecule has 0 radical (unpaired) electrons. The van der Waals surface area contributed by atoms with Crippen LogP contribution in [0.4, 0.5) is 5.69 Å². The molecule has 0 spiro atoms. The van der Waals surface area contributed by atoms with E-state index >= 15 is 0 Å². The van der Waals surface area contributed by atoms with E-state index in [4.69, 9.17) is 20.2 Å². The van der Waals surface area contributed by atoms with Crippen LogP contribution < -0.4 is 15.2 Å². The molecular formula is C19H21N3O2. The number of nitrogens with zero attached hydrogens (tertiary/aromatic N) is 2. The normalized spacial score (nSPS) is 13.6. The predicted molar refractivity (Wildman–Crippen MR) is 95.4 cm³/mol. The predicted octanol–water partition coefficient (Wildman–Crippen LogP) is 3.71. The van der Waals surface area contributed by atoms with Crippen molar-refractivity contribution in [1.82, 2.24) is 9.55 Å². The molecule has 4 rings (SSSR count). The summed E-state index contributed by atoms with van der Waals surface area (Å²) < 4.78 is 13.7. The second kappa shape index (κ2) is 5.74. The summed E-state index contributed by atoms with van der Waals surface area (Å²) >= 11 is 0. The van der Waals surface area contributed by atoms with E-state index in [-0.39, 0.29) is 0 Å². The van der Waals surface area contributed by atoms with Crippen LogP contribution in [0.15, 0.2) is 36.4 Å². The maximum absolute atomic E-state index is 5.82. The van der Waals surface area contributed by atoms with Crippen LogP contribution in [0.5, 0.6) is 11.5 Å². The van der Waals surface area contributed by atoms with Gasteiger partial charge in [0.1, 0.15) is 19.0 Å². The van der Waals surface area contributed by atoms with Crippen LogP contribution >= 0.6 is 0 Å². The van der Waals surface area contributed by atoms with Crippen molar-refractivity contribution in [2.45, 2.75) is 20.4 Å². The van der Waals surface area contributed by atoms with Crippen molar-refractivity contribution in [3.8, 4) is 22.9 Å². The number of hydrogen-bond acceptors (Lipinski definition) is 4. The highest BCUT2D eigenvalue weighted by atomic mass is 16.6. The van der Waals surface area contributed by atoms with E-state index in [1.165, 1.54) is 0 Å².